The molecule has 0 saturated heterocycles. The minimum absolute atomic E-state index is 0.182. The number of rotatable bonds is 6. The van der Waals surface area contributed by atoms with Crippen LogP contribution in [-0.4, -0.2) is 13.8 Å². The summed E-state index contributed by atoms with van der Waals surface area (Å²) >= 11 is 0. The summed E-state index contributed by atoms with van der Waals surface area (Å²) in [7, 11) is 1.66. The fourth-order valence-electron chi connectivity index (χ4n) is 2.32. The molecular formula is C20H28N2O. The molecule has 2 rings (SSSR count). The predicted molar refractivity (Wildman–Crippen MR) is 100 cm³/mol. The molecule has 0 spiro atoms. The Kier molecular flexibility index (Phi) is 8.51. The van der Waals surface area contributed by atoms with Crippen LogP contribution in [0.4, 0.5) is 5.69 Å². The Morgan fingerprint density at radius 3 is 2.00 bits per heavy atom. The summed E-state index contributed by atoms with van der Waals surface area (Å²) in [5.41, 5.74) is 2.25. The summed E-state index contributed by atoms with van der Waals surface area (Å²) in [5, 5.41) is 6.16. The highest BCUT2D eigenvalue weighted by Crippen LogP contribution is 2.30. The highest BCUT2D eigenvalue weighted by molar-refractivity contribution is 5.52. The Bertz CT molecular complexity index is 552. The second-order valence-electron chi connectivity index (χ2n) is 5.23. The van der Waals surface area contributed by atoms with Gasteiger partial charge in [0.2, 0.25) is 0 Å². The van der Waals surface area contributed by atoms with Crippen molar-refractivity contribution < 1.29 is 4.74 Å². The van der Waals surface area contributed by atoms with Crippen molar-refractivity contribution in [1.82, 2.24) is 0 Å². The Morgan fingerprint density at radius 2 is 1.57 bits per heavy atom. The third-order valence-corrected chi connectivity index (χ3v) is 3.36. The summed E-state index contributed by atoms with van der Waals surface area (Å²) in [6.45, 7) is 10.1. The quantitative estimate of drug-likeness (QED) is 0.506. The average molecular weight is 312 g/mol. The van der Waals surface area contributed by atoms with Crippen molar-refractivity contribution in [3.63, 3.8) is 0 Å². The van der Waals surface area contributed by atoms with E-state index in [0.29, 0.717) is 0 Å². The largest absolute Gasteiger partial charge is 0.497 e. The minimum atomic E-state index is 0.182. The van der Waals surface area contributed by atoms with Crippen molar-refractivity contribution in [2.24, 2.45) is 5.10 Å². The van der Waals surface area contributed by atoms with Gasteiger partial charge in [-0.25, -0.2) is 0 Å². The molecule has 0 saturated carbocycles. The fraction of sp³-hybridized carbons (Fsp3) is 0.350. The van der Waals surface area contributed by atoms with Crippen molar-refractivity contribution in [3.05, 3.63) is 60.2 Å². The van der Waals surface area contributed by atoms with Crippen molar-refractivity contribution in [2.75, 3.05) is 12.1 Å². The number of methoxy groups -OCH3 is 1. The maximum Gasteiger partial charge on any atom is 0.119 e. The van der Waals surface area contributed by atoms with E-state index in [2.05, 4.69) is 44.7 Å². The molecule has 0 aliphatic rings. The number of hydrazone groups is 1. The molecule has 1 atom stereocenters. The Morgan fingerprint density at radius 1 is 1.00 bits per heavy atom. The molecule has 2 aromatic carbocycles. The molecule has 3 nitrogen and oxygen atoms in total. The molecule has 124 valence electrons. The van der Waals surface area contributed by atoms with Crippen LogP contribution in [0.2, 0.25) is 0 Å². The number of ether oxygens (including phenoxy) is 1. The summed E-state index contributed by atoms with van der Waals surface area (Å²) in [5.74, 6) is 0.838. The van der Waals surface area contributed by atoms with E-state index in [0.717, 1.165) is 17.9 Å². The van der Waals surface area contributed by atoms with Crippen LogP contribution in [0.5, 0.6) is 5.75 Å². The molecule has 0 aromatic heterocycles. The monoisotopic (exact) mass is 312 g/mol. The van der Waals surface area contributed by atoms with E-state index in [9.17, 15) is 0 Å². The molecule has 0 aliphatic carbocycles. The zero-order valence-electron chi connectivity index (χ0n) is 14.7. The number of nitrogens with zero attached hydrogens (tertiary/aromatic N) is 2. The molecule has 0 aliphatic heterocycles. The van der Waals surface area contributed by atoms with Crippen LogP contribution >= 0.6 is 0 Å². The number of anilines is 1. The molecule has 1 unspecified atom stereocenters. The first kappa shape index (κ1) is 18.8. The zero-order valence-corrected chi connectivity index (χ0v) is 14.7. The molecule has 23 heavy (non-hydrogen) atoms. The predicted octanol–water partition coefficient (Wildman–Crippen LogP) is 5.68. The lowest BCUT2D eigenvalue weighted by Gasteiger charge is -2.28. The van der Waals surface area contributed by atoms with Gasteiger partial charge in [0.15, 0.2) is 0 Å². The molecule has 0 fully saturated rings. The second kappa shape index (κ2) is 10.4. The Balaban J connectivity index is 0.000000816. The topological polar surface area (TPSA) is 24.8 Å². The van der Waals surface area contributed by atoms with Gasteiger partial charge in [-0.3, -0.25) is 5.01 Å². The third-order valence-electron chi connectivity index (χ3n) is 3.36. The van der Waals surface area contributed by atoms with Gasteiger partial charge < -0.3 is 4.74 Å². The van der Waals surface area contributed by atoms with E-state index >= 15 is 0 Å². The van der Waals surface area contributed by atoms with Gasteiger partial charge in [0, 0.05) is 6.72 Å². The summed E-state index contributed by atoms with van der Waals surface area (Å²) in [6, 6.07) is 18.4. The average Bonchev–Trinajstić information content (AvgIpc) is 2.61. The smallest absolute Gasteiger partial charge is 0.119 e. The number of hydrogen-bond donors (Lipinski definition) is 0. The normalized spacial score (nSPS) is 11.0. The number of benzene rings is 2. The van der Waals surface area contributed by atoms with Crippen LogP contribution in [-0.2, 0) is 0 Å². The van der Waals surface area contributed by atoms with Crippen molar-refractivity contribution in [2.45, 2.75) is 39.7 Å². The highest BCUT2D eigenvalue weighted by Gasteiger charge is 2.18. The van der Waals surface area contributed by atoms with Crippen LogP contribution in [0.25, 0.3) is 0 Å². The van der Waals surface area contributed by atoms with Gasteiger partial charge in [0.25, 0.3) is 0 Å². The lowest BCUT2D eigenvalue weighted by Crippen LogP contribution is -2.22. The SMILES string of the molecule is C=NN(c1ccc(OC)cc1)C(CC)c1ccccc1.CCC. The van der Waals surface area contributed by atoms with Gasteiger partial charge in [-0.15, -0.1) is 0 Å². The van der Waals surface area contributed by atoms with Crippen LogP contribution in [0.3, 0.4) is 0 Å². The first-order chi connectivity index (χ1) is 11.2. The van der Waals surface area contributed by atoms with E-state index in [-0.39, 0.29) is 6.04 Å². The second-order valence-corrected chi connectivity index (χ2v) is 5.23. The standard InChI is InChI=1S/C17H20N2O.C3H8/c1-4-17(14-8-6-5-7-9-14)19(18-2)15-10-12-16(20-3)13-11-15;1-3-2/h5-13,17H,2,4H2,1,3H3;3H2,1-2H3. The molecule has 0 heterocycles. The van der Waals surface area contributed by atoms with E-state index in [1.807, 2.05) is 47.5 Å². The fourth-order valence-corrected chi connectivity index (χ4v) is 2.32. The maximum absolute atomic E-state index is 5.19. The first-order valence-corrected chi connectivity index (χ1v) is 8.16. The van der Waals surface area contributed by atoms with Crippen molar-refractivity contribution in [1.29, 1.82) is 0 Å². The lowest BCUT2D eigenvalue weighted by atomic mass is 10.0. The molecule has 2 aromatic rings. The molecule has 0 bridgehead atoms. The summed E-state index contributed by atoms with van der Waals surface area (Å²) in [6.07, 6.45) is 2.20. The lowest BCUT2D eigenvalue weighted by molar-refractivity contribution is 0.414. The van der Waals surface area contributed by atoms with E-state index in [1.165, 1.54) is 12.0 Å². The molecule has 0 N–H and O–H groups in total. The van der Waals surface area contributed by atoms with Crippen LogP contribution < -0.4 is 9.75 Å². The Hall–Kier alpha value is -2.29. The van der Waals surface area contributed by atoms with Crippen LogP contribution in [0, 0.1) is 0 Å². The Labute approximate surface area is 140 Å². The van der Waals surface area contributed by atoms with E-state index in [4.69, 9.17) is 4.74 Å². The van der Waals surface area contributed by atoms with Gasteiger partial charge in [-0.05, 0) is 36.2 Å². The van der Waals surface area contributed by atoms with Crippen molar-refractivity contribution >= 4 is 12.4 Å². The maximum atomic E-state index is 5.19. The van der Waals surface area contributed by atoms with Crippen LogP contribution in [0.15, 0.2) is 59.7 Å². The zero-order chi connectivity index (χ0) is 17.1. The molecule has 0 radical (unpaired) electrons. The van der Waals surface area contributed by atoms with Gasteiger partial charge in [0.1, 0.15) is 5.75 Å². The first-order valence-electron chi connectivity index (χ1n) is 8.16. The van der Waals surface area contributed by atoms with E-state index < -0.39 is 0 Å². The van der Waals surface area contributed by atoms with Gasteiger partial charge in [-0.2, -0.15) is 5.10 Å². The van der Waals surface area contributed by atoms with Gasteiger partial charge in [-0.1, -0.05) is 57.5 Å². The van der Waals surface area contributed by atoms with Crippen molar-refractivity contribution in [3.8, 4) is 5.75 Å². The molecule has 0 amide bonds. The summed E-state index contributed by atoms with van der Waals surface area (Å²) < 4.78 is 5.19. The van der Waals surface area contributed by atoms with Gasteiger partial charge in [0.05, 0.1) is 18.8 Å². The third kappa shape index (κ3) is 5.44. The highest BCUT2D eigenvalue weighted by atomic mass is 16.5. The molecular weight excluding hydrogens is 284 g/mol. The minimum Gasteiger partial charge on any atom is -0.497 e. The van der Waals surface area contributed by atoms with Crippen LogP contribution in [0.1, 0.15) is 45.2 Å². The van der Waals surface area contributed by atoms with Gasteiger partial charge >= 0.3 is 0 Å². The number of hydrogen-bond acceptors (Lipinski definition) is 3. The molecule has 3 heteroatoms. The summed E-state index contributed by atoms with van der Waals surface area (Å²) in [4.78, 5) is 0. The van der Waals surface area contributed by atoms with E-state index in [1.54, 1.807) is 7.11 Å².